The topological polar surface area (TPSA) is 12.5 Å². The summed E-state index contributed by atoms with van der Waals surface area (Å²) < 4.78 is 70.7. The van der Waals surface area contributed by atoms with Gasteiger partial charge in [-0.3, -0.25) is 4.90 Å². The van der Waals surface area contributed by atoms with Crippen molar-refractivity contribution < 1.29 is 26.7 Å². The summed E-state index contributed by atoms with van der Waals surface area (Å²) in [7, 11) is 0. The van der Waals surface area contributed by atoms with Gasteiger partial charge < -0.3 is 4.74 Å². The molecular formula is C12H12F5NO. The molecule has 0 atom stereocenters. The van der Waals surface area contributed by atoms with Gasteiger partial charge in [0.1, 0.15) is 5.60 Å². The van der Waals surface area contributed by atoms with E-state index >= 15 is 0 Å². The molecule has 0 aliphatic carbocycles. The Bertz CT molecular complexity index is 484. The van der Waals surface area contributed by atoms with Crippen LogP contribution in [0, 0.1) is 29.1 Å². The van der Waals surface area contributed by atoms with Gasteiger partial charge in [-0.05, 0) is 13.5 Å². The third kappa shape index (κ3) is 2.27. The van der Waals surface area contributed by atoms with Crippen LogP contribution in [0.15, 0.2) is 0 Å². The molecule has 2 rings (SSSR count). The maximum absolute atomic E-state index is 13.4. The predicted molar refractivity (Wildman–Crippen MR) is 57.4 cm³/mol. The van der Waals surface area contributed by atoms with Gasteiger partial charge in [0.25, 0.3) is 0 Å². The molecule has 0 saturated carbocycles. The number of halogens is 5. The largest absolute Gasteiger partial charge is 0.479 e. The Morgan fingerprint density at radius 3 is 1.79 bits per heavy atom. The molecule has 0 N–H and O–H groups in total. The second-order valence-corrected chi connectivity index (χ2v) is 4.75. The van der Waals surface area contributed by atoms with E-state index in [0.29, 0.717) is 13.1 Å². The van der Waals surface area contributed by atoms with Crippen molar-refractivity contribution in [3.8, 4) is 5.75 Å². The van der Waals surface area contributed by atoms with Gasteiger partial charge in [0, 0.05) is 13.1 Å². The average molecular weight is 281 g/mol. The SMILES string of the molecule is CCN1CC(C)(Oc2c(F)c(F)c(F)c(F)c2F)C1. The quantitative estimate of drug-likeness (QED) is 0.480. The van der Waals surface area contributed by atoms with Crippen LogP contribution < -0.4 is 4.74 Å². The van der Waals surface area contributed by atoms with Gasteiger partial charge in [-0.25, -0.2) is 13.2 Å². The molecule has 1 heterocycles. The van der Waals surface area contributed by atoms with Crippen molar-refractivity contribution in [3.05, 3.63) is 29.1 Å². The lowest BCUT2D eigenvalue weighted by molar-refractivity contribution is -0.0653. The second kappa shape index (κ2) is 4.63. The zero-order valence-electron chi connectivity index (χ0n) is 10.4. The van der Waals surface area contributed by atoms with E-state index in [2.05, 4.69) is 0 Å². The average Bonchev–Trinajstić information content (AvgIpc) is 2.36. The van der Waals surface area contributed by atoms with Gasteiger partial charge in [-0.15, -0.1) is 0 Å². The van der Waals surface area contributed by atoms with Crippen molar-refractivity contribution in [1.29, 1.82) is 0 Å². The summed E-state index contributed by atoms with van der Waals surface area (Å²) in [5, 5.41) is 0. The van der Waals surface area contributed by atoms with Gasteiger partial charge in [-0.2, -0.15) is 8.78 Å². The fourth-order valence-corrected chi connectivity index (χ4v) is 2.11. The fraction of sp³-hybridized carbons (Fsp3) is 0.500. The van der Waals surface area contributed by atoms with E-state index in [1.807, 2.05) is 11.8 Å². The van der Waals surface area contributed by atoms with Crippen molar-refractivity contribution in [2.24, 2.45) is 0 Å². The van der Waals surface area contributed by atoms with Crippen LogP contribution in [0.5, 0.6) is 5.75 Å². The number of likely N-dealkylation sites (tertiary alicyclic amines) is 1. The molecule has 1 aromatic carbocycles. The van der Waals surface area contributed by atoms with Gasteiger partial charge in [0.15, 0.2) is 5.75 Å². The lowest BCUT2D eigenvalue weighted by atomic mass is 9.96. The van der Waals surface area contributed by atoms with Gasteiger partial charge in [-0.1, -0.05) is 6.92 Å². The van der Waals surface area contributed by atoms with E-state index in [0.717, 1.165) is 6.54 Å². The summed E-state index contributed by atoms with van der Waals surface area (Å²) >= 11 is 0. The predicted octanol–water partition coefficient (Wildman–Crippen LogP) is 2.86. The molecule has 1 fully saturated rings. The van der Waals surface area contributed by atoms with Crippen molar-refractivity contribution in [3.63, 3.8) is 0 Å². The van der Waals surface area contributed by atoms with Crippen LogP contribution in [0.2, 0.25) is 0 Å². The zero-order chi connectivity index (χ0) is 14.4. The summed E-state index contributed by atoms with van der Waals surface area (Å²) in [4.78, 5) is 1.91. The van der Waals surface area contributed by atoms with Crippen molar-refractivity contribution in [2.75, 3.05) is 19.6 Å². The zero-order valence-corrected chi connectivity index (χ0v) is 10.4. The van der Waals surface area contributed by atoms with Crippen LogP contribution in [-0.4, -0.2) is 30.1 Å². The molecule has 0 radical (unpaired) electrons. The van der Waals surface area contributed by atoms with Crippen LogP contribution >= 0.6 is 0 Å². The first-order chi connectivity index (χ1) is 8.79. The van der Waals surface area contributed by atoms with Crippen molar-refractivity contribution >= 4 is 0 Å². The lowest BCUT2D eigenvalue weighted by Crippen LogP contribution is -2.63. The van der Waals surface area contributed by atoms with Gasteiger partial charge in [0.05, 0.1) is 0 Å². The molecule has 1 aliphatic rings. The Hall–Kier alpha value is -1.37. The molecule has 0 spiro atoms. The molecule has 7 heteroatoms. The summed E-state index contributed by atoms with van der Waals surface area (Å²) in [6.45, 7) is 4.89. The van der Waals surface area contributed by atoms with E-state index in [4.69, 9.17) is 4.74 Å². The third-order valence-electron chi connectivity index (χ3n) is 3.08. The fourth-order valence-electron chi connectivity index (χ4n) is 2.11. The standard InChI is InChI=1S/C12H12F5NO/c1-3-18-4-12(2,5-18)19-11-9(16)7(14)6(13)8(15)10(11)17/h3-5H2,1-2H3. The smallest absolute Gasteiger partial charge is 0.207 e. The first kappa shape index (κ1) is 14.0. The molecule has 106 valence electrons. The minimum Gasteiger partial charge on any atom is -0.479 e. The Morgan fingerprint density at radius 2 is 1.37 bits per heavy atom. The van der Waals surface area contributed by atoms with Crippen LogP contribution in [-0.2, 0) is 0 Å². The number of rotatable bonds is 3. The molecule has 0 aromatic heterocycles. The normalized spacial score (nSPS) is 18.3. The summed E-state index contributed by atoms with van der Waals surface area (Å²) in [5.74, 6) is -11.3. The van der Waals surface area contributed by atoms with E-state index in [-0.39, 0.29) is 0 Å². The van der Waals surface area contributed by atoms with Crippen LogP contribution in [0.3, 0.4) is 0 Å². The molecule has 0 amide bonds. The first-order valence-corrected chi connectivity index (χ1v) is 5.72. The Labute approximate surface area is 106 Å². The number of hydrogen-bond donors (Lipinski definition) is 0. The maximum atomic E-state index is 13.4. The van der Waals surface area contributed by atoms with Crippen molar-refractivity contribution in [1.82, 2.24) is 4.90 Å². The highest BCUT2D eigenvalue weighted by Crippen LogP contribution is 2.34. The number of nitrogens with zero attached hydrogens (tertiary/aromatic N) is 1. The minimum atomic E-state index is -2.18. The van der Waals surface area contributed by atoms with Gasteiger partial charge in [0.2, 0.25) is 29.1 Å². The molecule has 19 heavy (non-hydrogen) atoms. The molecule has 2 nitrogen and oxygen atoms in total. The van der Waals surface area contributed by atoms with Crippen LogP contribution in [0.1, 0.15) is 13.8 Å². The highest BCUT2D eigenvalue weighted by Gasteiger charge is 2.42. The van der Waals surface area contributed by atoms with Gasteiger partial charge >= 0.3 is 0 Å². The third-order valence-corrected chi connectivity index (χ3v) is 3.08. The van der Waals surface area contributed by atoms with E-state index < -0.39 is 40.4 Å². The molecule has 1 aromatic rings. The highest BCUT2D eigenvalue weighted by molar-refractivity contribution is 5.30. The molecular weight excluding hydrogens is 269 g/mol. The number of hydrogen-bond acceptors (Lipinski definition) is 2. The van der Waals surface area contributed by atoms with Crippen LogP contribution in [0.4, 0.5) is 22.0 Å². The number of ether oxygens (including phenoxy) is 1. The lowest BCUT2D eigenvalue weighted by Gasteiger charge is -2.47. The maximum Gasteiger partial charge on any atom is 0.207 e. The van der Waals surface area contributed by atoms with Crippen molar-refractivity contribution in [2.45, 2.75) is 19.4 Å². The number of likely N-dealkylation sites (N-methyl/N-ethyl adjacent to an activating group) is 1. The summed E-state index contributed by atoms with van der Waals surface area (Å²) in [6.07, 6.45) is 0. The Morgan fingerprint density at radius 1 is 0.947 bits per heavy atom. The summed E-state index contributed by atoms with van der Waals surface area (Å²) in [5.41, 5.74) is -0.950. The first-order valence-electron chi connectivity index (χ1n) is 5.72. The molecule has 1 aliphatic heterocycles. The Balaban J connectivity index is 2.32. The minimum absolute atomic E-state index is 0.364. The summed E-state index contributed by atoms with van der Waals surface area (Å²) in [6, 6.07) is 0. The highest BCUT2D eigenvalue weighted by atomic mass is 19.2. The monoisotopic (exact) mass is 281 g/mol. The molecule has 0 unspecified atom stereocenters. The molecule has 1 saturated heterocycles. The number of benzene rings is 1. The second-order valence-electron chi connectivity index (χ2n) is 4.75. The van der Waals surface area contributed by atoms with E-state index in [9.17, 15) is 22.0 Å². The molecule has 0 bridgehead atoms. The van der Waals surface area contributed by atoms with Crippen LogP contribution in [0.25, 0.3) is 0 Å². The Kier molecular flexibility index (Phi) is 3.42. The van der Waals surface area contributed by atoms with E-state index in [1.165, 1.54) is 0 Å². The van der Waals surface area contributed by atoms with E-state index in [1.54, 1.807) is 6.92 Å².